The summed E-state index contributed by atoms with van der Waals surface area (Å²) < 4.78 is 0. The van der Waals surface area contributed by atoms with Crippen LogP contribution in [0.25, 0.3) is 11.3 Å². The topological polar surface area (TPSA) is 37.8 Å². The van der Waals surface area contributed by atoms with Gasteiger partial charge in [0.1, 0.15) is 0 Å². The van der Waals surface area contributed by atoms with Gasteiger partial charge in [-0.05, 0) is 43.3 Å². The third-order valence-corrected chi connectivity index (χ3v) is 3.98. The van der Waals surface area contributed by atoms with E-state index in [-0.39, 0.29) is 0 Å². The van der Waals surface area contributed by atoms with Crippen LogP contribution in [-0.4, -0.2) is 9.97 Å². The van der Waals surface area contributed by atoms with E-state index in [1.165, 1.54) is 4.88 Å². The zero-order valence-electron chi connectivity index (χ0n) is 10.8. The van der Waals surface area contributed by atoms with E-state index in [4.69, 9.17) is 11.6 Å². The van der Waals surface area contributed by atoms with Crippen LogP contribution < -0.4 is 5.32 Å². The van der Waals surface area contributed by atoms with Crippen molar-refractivity contribution in [2.75, 3.05) is 5.32 Å². The van der Waals surface area contributed by atoms with Gasteiger partial charge >= 0.3 is 0 Å². The first-order valence-electron chi connectivity index (χ1n) is 6.13. The highest BCUT2D eigenvalue weighted by Gasteiger charge is 2.09. The molecule has 0 saturated heterocycles. The molecule has 0 bridgehead atoms. The number of nitrogens with zero attached hydrogens (tertiary/aromatic N) is 2. The van der Waals surface area contributed by atoms with Crippen LogP contribution in [0.3, 0.4) is 0 Å². The van der Waals surface area contributed by atoms with Crippen LogP contribution in [0.5, 0.6) is 0 Å². The molecule has 0 aliphatic heterocycles. The monoisotopic (exact) mass is 301 g/mol. The third kappa shape index (κ3) is 2.81. The van der Waals surface area contributed by atoms with Gasteiger partial charge in [0, 0.05) is 33.5 Å². The molecule has 0 saturated carbocycles. The van der Waals surface area contributed by atoms with Crippen molar-refractivity contribution in [3.63, 3.8) is 0 Å². The van der Waals surface area contributed by atoms with E-state index in [0.717, 1.165) is 27.1 Å². The highest BCUT2D eigenvalue weighted by molar-refractivity contribution is 7.16. The quantitative estimate of drug-likeness (QED) is 0.747. The van der Waals surface area contributed by atoms with E-state index in [2.05, 4.69) is 22.2 Å². The van der Waals surface area contributed by atoms with Crippen molar-refractivity contribution in [2.45, 2.75) is 6.92 Å². The van der Waals surface area contributed by atoms with Gasteiger partial charge in [0.25, 0.3) is 0 Å². The standard InChI is InChI=1S/C15H12ClN3S/c1-10-14(11-6-8-17-9-7-11)19-15(20-10)18-13-4-2-12(16)3-5-13/h2-9H,1H3,(H,18,19). The van der Waals surface area contributed by atoms with Crippen molar-refractivity contribution in [1.82, 2.24) is 9.97 Å². The summed E-state index contributed by atoms with van der Waals surface area (Å²) >= 11 is 7.51. The maximum atomic E-state index is 5.88. The fourth-order valence-electron chi connectivity index (χ4n) is 1.88. The summed E-state index contributed by atoms with van der Waals surface area (Å²) in [5.74, 6) is 0. The van der Waals surface area contributed by atoms with Crippen LogP contribution >= 0.6 is 22.9 Å². The van der Waals surface area contributed by atoms with E-state index in [1.807, 2.05) is 36.4 Å². The summed E-state index contributed by atoms with van der Waals surface area (Å²) in [4.78, 5) is 9.85. The Kier molecular flexibility index (Phi) is 3.67. The zero-order chi connectivity index (χ0) is 13.9. The van der Waals surface area contributed by atoms with E-state index in [0.29, 0.717) is 0 Å². The average Bonchev–Trinajstić information content (AvgIpc) is 2.83. The maximum absolute atomic E-state index is 5.88. The number of hydrogen-bond acceptors (Lipinski definition) is 4. The summed E-state index contributed by atoms with van der Waals surface area (Å²) in [5, 5.41) is 4.89. The lowest BCUT2D eigenvalue weighted by molar-refractivity contribution is 1.30. The second kappa shape index (κ2) is 5.61. The fourth-order valence-corrected chi connectivity index (χ4v) is 2.87. The summed E-state index contributed by atoms with van der Waals surface area (Å²) in [5.41, 5.74) is 3.05. The van der Waals surface area contributed by atoms with Gasteiger partial charge in [-0.1, -0.05) is 11.6 Å². The summed E-state index contributed by atoms with van der Waals surface area (Å²) in [6.07, 6.45) is 3.56. The summed E-state index contributed by atoms with van der Waals surface area (Å²) in [6, 6.07) is 11.5. The van der Waals surface area contributed by atoms with E-state index < -0.39 is 0 Å². The smallest absolute Gasteiger partial charge is 0.187 e. The number of aryl methyl sites for hydroxylation is 1. The number of thiazole rings is 1. The molecule has 0 atom stereocenters. The lowest BCUT2D eigenvalue weighted by Gasteiger charge is -2.01. The van der Waals surface area contributed by atoms with Crippen LogP contribution in [0.1, 0.15) is 4.88 Å². The van der Waals surface area contributed by atoms with Crippen molar-refractivity contribution in [2.24, 2.45) is 0 Å². The fraction of sp³-hybridized carbons (Fsp3) is 0.0667. The lowest BCUT2D eigenvalue weighted by Crippen LogP contribution is -1.89. The first kappa shape index (κ1) is 13.1. The predicted octanol–water partition coefficient (Wildman–Crippen LogP) is 4.91. The molecule has 0 unspecified atom stereocenters. The van der Waals surface area contributed by atoms with Gasteiger partial charge < -0.3 is 5.32 Å². The minimum atomic E-state index is 0.725. The van der Waals surface area contributed by atoms with Crippen LogP contribution in [0.2, 0.25) is 5.02 Å². The molecule has 100 valence electrons. The SMILES string of the molecule is Cc1sc(Nc2ccc(Cl)cc2)nc1-c1ccncc1. The molecule has 5 heteroatoms. The molecule has 0 radical (unpaired) electrons. The Hall–Kier alpha value is -1.91. The summed E-state index contributed by atoms with van der Waals surface area (Å²) in [7, 11) is 0. The normalized spacial score (nSPS) is 10.5. The van der Waals surface area contributed by atoms with Crippen molar-refractivity contribution in [3.8, 4) is 11.3 Å². The number of nitrogens with one attached hydrogen (secondary N) is 1. The number of hydrogen-bond donors (Lipinski definition) is 1. The first-order chi connectivity index (χ1) is 9.72. The second-order valence-corrected chi connectivity index (χ2v) is 5.93. The van der Waals surface area contributed by atoms with Gasteiger partial charge in [0.15, 0.2) is 5.13 Å². The minimum Gasteiger partial charge on any atom is -0.332 e. The number of anilines is 2. The van der Waals surface area contributed by atoms with Gasteiger partial charge in [0.2, 0.25) is 0 Å². The number of halogens is 1. The Labute approximate surface area is 126 Å². The van der Waals surface area contributed by atoms with Crippen molar-refractivity contribution in [1.29, 1.82) is 0 Å². The van der Waals surface area contributed by atoms with Gasteiger partial charge in [-0.15, -0.1) is 11.3 Å². The molecule has 20 heavy (non-hydrogen) atoms. The largest absolute Gasteiger partial charge is 0.332 e. The number of benzene rings is 1. The molecule has 0 spiro atoms. The first-order valence-corrected chi connectivity index (χ1v) is 7.32. The van der Waals surface area contributed by atoms with Gasteiger partial charge in [0.05, 0.1) is 5.69 Å². The number of aromatic nitrogens is 2. The number of pyridine rings is 1. The van der Waals surface area contributed by atoms with Crippen LogP contribution in [-0.2, 0) is 0 Å². The van der Waals surface area contributed by atoms with E-state index in [1.54, 1.807) is 23.7 Å². The average molecular weight is 302 g/mol. The summed E-state index contributed by atoms with van der Waals surface area (Å²) in [6.45, 7) is 2.07. The van der Waals surface area contributed by atoms with Crippen molar-refractivity contribution in [3.05, 3.63) is 58.7 Å². The molecule has 3 nitrogen and oxygen atoms in total. The molecular weight excluding hydrogens is 290 g/mol. The Morgan fingerprint density at radius 3 is 2.45 bits per heavy atom. The van der Waals surface area contributed by atoms with Crippen molar-refractivity contribution >= 4 is 33.8 Å². The van der Waals surface area contributed by atoms with Gasteiger partial charge in [-0.3, -0.25) is 4.98 Å². The van der Waals surface area contributed by atoms with Crippen LogP contribution in [0, 0.1) is 6.92 Å². The van der Waals surface area contributed by atoms with Gasteiger partial charge in [-0.2, -0.15) is 0 Å². The Morgan fingerprint density at radius 2 is 1.75 bits per heavy atom. The molecule has 2 heterocycles. The van der Waals surface area contributed by atoms with Crippen LogP contribution in [0.15, 0.2) is 48.8 Å². The molecule has 0 fully saturated rings. The zero-order valence-corrected chi connectivity index (χ0v) is 12.4. The second-order valence-electron chi connectivity index (χ2n) is 4.29. The van der Waals surface area contributed by atoms with Gasteiger partial charge in [-0.25, -0.2) is 4.98 Å². The molecular formula is C15H12ClN3S. The molecule has 0 amide bonds. The molecule has 3 rings (SSSR count). The minimum absolute atomic E-state index is 0.725. The van der Waals surface area contributed by atoms with Crippen molar-refractivity contribution < 1.29 is 0 Å². The Balaban J connectivity index is 1.87. The molecule has 1 aromatic carbocycles. The Morgan fingerprint density at radius 1 is 1.05 bits per heavy atom. The molecule has 2 aromatic heterocycles. The maximum Gasteiger partial charge on any atom is 0.187 e. The highest BCUT2D eigenvalue weighted by atomic mass is 35.5. The molecule has 1 N–H and O–H groups in total. The van der Waals surface area contributed by atoms with E-state index >= 15 is 0 Å². The molecule has 3 aromatic rings. The highest BCUT2D eigenvalue weighted by Crippen LogP contribution is 2.31. The molecule has 0 aliphatic rings. The lowest BCUT2D eigenvalue weighted by atomic mass is 10.2. The van der Waals surface area contributed by atoms with Crippen LogP contribution in [0.4, 0.5) is 10.8 Å². The number of rotatable bonds is 3. The predicted molar refractivity (Wildman–Crippen MR) is 84.8 cm³/mol. The Bertz CT molecular complexity index is 708. The molecule has 0 aliphatic carbocycles. The third-order valence-electron chi connectivity index (χ3n) is 2.85. The van der Waals surface area contributed by atoms with E-state index in [9.17, 15) is 0 Å².